The first-order chi connectivity index (χ1) is 11.9. The normalized spacial score (nSPS) is 11.6. The van der Waals surface area contributed by atoms with Crippen LogP contribution in [0.25, 0.3) is 11.2 Å². The van der Waals surface area contributed by atoms with E-state index < -0.39 is 8.32 Å². The minimum Gasteiger partial charge on any atom is -0.416 e. The highest BCUT2D eigenvalue weighted by Crippen LogP contribution is 2.18. The molecule has 0 bridgehead atoms. The zero-order valence-corrected chi connectivity index (χ0v) is 15.6. The van der Waals surface area contributed by atoms with Gasteiger partial charge in [-0.05, 0) is 31.8 Å². The van der Waals surface area contributed by atoms with E-state index in [9.17, 15) is 4.79 Å². The first-order valence-electron chi connectivity index (χ1n) is 8.10. The fraction of sp³-hybridized carbons (Fsp3) is 0.294. The van der Waals surface area contributed by atoms with Crippen LogP contribution in [0.5, 0.6) is 0 Å². The topological polar surface area (TPSA) is 81.9 Å². The molecule has 2 heterocycles. The van der Waals surface area contributed by atoms with Crippen LogP contribution in [0.4, 0.5) is 5.82 Å². The van der Waals surface area contributed by atoms with Crippen LogP contribution in [-0.4, -0.2) is 40.4 Å². The maximum absolute atomic E-state index is 12.3. The van der Waals surface area contributed by atoms with E-state index in [1.54, 1.807) is 18.5 Å². The summed E-state index contributed by atoms with van der Waals surface area (Å²) in [5.41, 5.74) is 1.81. The van der Waals surface area contributed by atoms with Crippen LogP contribution in [0, 0.1) is 0 Å². The van der Waals surface area contributed by atoms with Gasteiger partial charge in [-0.1, -0.05) is 18.2 Å². The molecule has 0 radical (unpaired) electrons. The lowest BCUT2D eigenvalue weighted by Crippen LogP contribution is -2.27. The number of hydrogen-bond acceptors (Lipinski definition) is 5. The van der Waals surface area contributed by atoms with Gasteiger partial charge in [-0.25, -0.2) is 15.0 Å². The molecule has 1 amide bonds. The highest BCUT2D eigenvalue weighted by Gasteiger charge is 2.16. The molecule has 0 saturated carbocycles. The van der Waals surface area contributed by atoms with Crippen molar-refractivity contribution >= 4 is 31.2 Å². The molecule has 130 valence electrons. The van der Waals surface area contributed by atoms with Crippen molar-refractivity contribution in [2.45, 2.75) is 26.2 Å². The van der Waals surface area contributed by atoms with Crippen molar-refractivity contribution in [2.75, 3.05) is 11.9 Å². The van der Waals surface area contributed by atoms with Gasteiger partial charge in [0.15, 0.2) is 25.3 Å². The van der Waals surface area contributed by atoms with Crippen molar-refractivity contribution in [2.24, 2.45) is 0 Å². The Morgan fingerprint density at radius 1 is 1.16 bits per heavy atom. The number of carbonyl (C=O) groups is 1. The molecule has 3 aromatic rings. The van der Waals surface area contributed by atoms with Crippen LogP contribution in [0.2, 0.25) is 19.6 Å². The molecule has 0 unspecified atom stereocenters. The lowest BCUT2D eigenvalue weighted by Gasteiger charge is -2.17. The quantitative estimate of drug-likeness (QED) is 0.688. The van der Waals surface area contributed by atoms with E-state index in [0.717, 1.165) is 0 Å². The number of aromatic nitrogens is 4. The SMILES string of the molecule is C[Si](C)(C)OCCn1cnc2c(NC(=O)c3ccccc3)ncnc21. The Balaban J connectivity index is 1.78. The van der Waals surface area contributed by atoms with Gasteiger partial charge in [0.2, 0.25) is 0 Å². The summed E-state index contributed by atoms with van der Waals surface area (Å²) in [4.78, 5) is 25.1. The predicted molar refractivity (Wildman–Crippen MR) is 99.0 cm³/mol. The number of carbonyl (C=O) groups excluding carboxylic acids is 1. The number of rotatable bonds is 6. The van der Waals surface area contributed by atoms with Crippen molar-refractivity contribution in [3.05, 3.63) is 48.5 Å². The molecule has 0 saturated heterocycles. The van der Waals surface area contributed by atoms with Gasteiger partial charge in [0.25, 0.3) is 5.91 Å². The minimum atomic E-state index is -1.55. The van der Waals surface area contributed by atoms with Crippen LogP contribution in [-0.2, 0) is 11.0 Å². The summed E-state index contributed by atoms with van der Waals surface area (Å²) < 4.78 is 7.79. The zero-order valence-electron chi connectivity index (χ0n) is 14.6. The smallest absolute Gasteiger partial charge is 0.256 e. The molecule has 0 aliphatic rings. The lowest BCUT2D eigenvalue weighted by molar-refractivity contribution is 0.102. The summed E-state index contributed by atoms with van der Waals surface area (Å²) in [6.07, 6.45) is 3.13. The Morgan fingerprint density at radius 2 is 1.92 bits per heavy atom. The molecule has 7 nitrogen and oxygen atoms in total. The second-order valence-corrected chi connectivity index (χ2v) is 11.1. The molecular formula is C17H21N5O2Si. The summed E-state index contributed by atoms with van der Waals surface area (Å²) in [5, 5.41) is 2.80. The molecule has 0 aliphatic heterocycles. The number of anilines is 1. The fourth-order valence-electron chi connectivity index (χ4n) is 2.36. The van der Waals surface area contributed by atoms with Gasteiger partial charge in [-0.15, -0.1) is 0 Å². The number of nitrogens with zero attached hydrogens (tertiary/aromatic N) is 4. The predicted octanol–water partition coefficient (Wildman–Crippen LogP) is 2.93. The maximum Gasteiger partial charge on any atom is 0.256 e. The molecule has 1 N–H and O–H groups in total. The Morgan fingerprint density at radius 3 is 2.64 bits per heavy atom. The molecule has 3 rings (SSSR count). The molecule has 0 fully saturated rings. The van der Waals surface area contributed by atoms with Gasteiger partial charge in [-0.3, -0.25) is 4.79 Å². The largest absolute Gasteiger partial charge is 0.416 e. The number of amides is 1. The van der Waals surface area contributed by atoms with E-state index in [0.29, 0.717) is 35.7 Å². The van der Waals surface area contributed by atoms with Gasteiger partial charge in [-0.2, -0.15) is 0 Å². The van der Waals surface area contributed by atoms with E-state index in [1.165, 1.54) is 6.33 Å². The molecule has 1 aromatic carbocycles. The van der Waals surface area contributed by atoms with Gasteiger partial charge >= 0.3 is 0 Å². The average Bonchev–Trinajstić information content (AvgIpc) is 2.99. The van der Waals surface area contributed by atoms with E-state index >= 15 is 0 Å². The van der Waals surface area contributed by atoms with Gasteiger partial charge in [0.05, 0.1) is 12.9 Å². The highest BCUT2D eigenvalue weighted by molar-refractivity contribution is 6.69. The first kappa shape index (κ1) is 17.2. The van der Waals surface area contributed by atoms with Crippen LogP contribution in [0.15, 0.2) is 43.0 Å². The van der Waals surface area contributed by atoms with Crippen LogP contribution < -0.4 is 5.32 Å². The van der Waals surface area contributed by atoms with Gasteiger partial charge in [0.1, 0.15) is 6.33 Å². The van der Waals surface area contributed by atoms with Crippen LogP contribution >= 0.6 is 0 Å². The summed E-state index contributed by atoms with van der Waals surface area (Å²) in [5.74, 6) is 0.181. The van der Waals surface area contributed by atoms with Crippen LogP contribution in [0.1, 0.15) is 10.4 Å². The minimum absolute atomic E-state index is 0.225. The third-order valence-corrected chi connectivity index (χ3v) is 4.61. The Hall–Kier alpha value is -2.58. The molecule has 2 aromatic heterocycles. The van der Waals surface area contributed by atoms with Crippen LogP contribution in [0.3, 0.4) is 0 Å². The van der Waals surface area contributed by atoms with Crippen molar-refractivity contribution in [1.82, 2.24) is 19.5 Å². The van der Waals surface area contributed by atoms with Crippen molar-refractivity contribution < 1.29 is 9.22 Å². The fourth-order valence-corrected chi connectivity index (χ4v) is 3.06. The average molecular weight is 355 g/mol. The number of fused-ring (bicyclic) bond motifs is 1. The molecule has 0 aliphatic carbocycles. The molecule has 0 spiro atoms. The maximum atomic E-state index is 12.3. The van der Waals surface area contributed by atoms with Gasteiger partial charge < -0.3 is 14.3 Å². The highest BCUT2D eigenvalue weighted by atomic mass is 28.4. The number of benzene rings is 1. The zero-order chi connectivity index (χ0) is 17.9. The summed E-state index contributed by atoms with van der Waals surface area (Å²) >= 11 is 0. The Labute approximate surface area is 147 Å². The lowest BCUT2D eigenvalue weighted by atomic mass is 10.2. The number of imidazole rings is 1. The second-order valence-electron chi connectivity index (χ2n) is 6.61. The summed E-state index contributed by atoms with van der Waals surface area (Å²) in [6.45, 7) is 7.72. The van der Waals surface area contributed by atoms with E-state index in [-0.39, 0.29) is 5.91 Å². The van der Waals surface area contributed by atoms with Crippen molar-refractivity contribution in [3.8, 4) is 0 Å². The van der Waals surface area contributed by atoms with Crippen molar-refractivity contribution in [1.29, 1.82) is 0 Å². The third-order valence-electron chi connectivity index (χ3n) is 3.54. The number of nitrogens with one attached hydrogen (secondary N) is 1. The number of hydrogen-bond donors (Lipinski definition) is 1. The van der Waals surface area contributed by atoms with Gasteiger partial charge in [0, 0.05) is 12.1 Å². The third kappa shape index (κ3) is 4.28. The molecule has 0 atom stereocenters. The van der Waals surface area contributed by atoms with E-state index in [1.807, 2.05) is 22.8 Å². The molecule has 25 heavy (non-hydrogen) atoms. The Kier molecular flexibility index (Phi) is 4.91. The van der Waals surface area contributed by atoms with E-state index in [2.05, 4.69) is 39.9 Å². The van der Waals surface area contributed by atoms with E-state index in [4.69, 9.17) is 4.43 Å². The standard InChI is InChI=1S/C17H21N5O2Si/c1-25(2,3)24-10-9-22-12-20-14-15(18-11-19-16(14)22)21-17(23)13-7-5-4-6-8-13/h4-8,11-12H,9-10H2,1-3H3,(H,18,19,21,23). The molecular weight excluding hydrogens is 334 g/mol. The Bertz CT molecular complexity index is 874. The molecule has 8 heteroatoms. The van der Waals surface area contributed by atoms with Crippen molar-refractivity contribution in [3.63, 3.8) is 0 Å². The summed E-state index contributed by atoms with van der Waals surface area (Å²) in [6, 6.07) is 9.00. The monoisotopic (exact) mass is 355 g/mol. The summed E-state index contributed by atoms with van der Waals surface area (Å²) in [7, 11) is -1.55. The second kappa shape index (κ2) is 7.12. The first-order valence-corrected chi connectivity index (χ1v) is 11.5.